The van der Waals surface area contributed by atoms with Crippen LogP contribution < -0.4 is 9.47 Å². The molecule has 1 aliphatic carbocycles. The molecule has 5 rings (SSSR count). The van der Waals surface area contributed by atoms with Crippen molar-refractivity contribution in [2.24, 2.45) is 0 Å². The smallest absolute Gasteiger partial charge is 0.336 e. The molecule has 0 bridgehead atoms. The molecule has 4 aromatic rings. The van der Waals surface area contributed by atoms with Crippen LogP contribution >= 0.6 is 0 Å². The van der Waals surface area contributed by atoms with Crippen LogP contribution in [0.4, 0.5) is 0 Å². The highest BCUT2D eigenvalue weighted by atomic mass is 16.7. The van der Waals surface area contributed by atoms with Crippen LogP contribution in [0.25, 0.3) is 11.1 Å². The Bertz CT molecular complexity index is 1860. The molecule has 0 amide bonds. The Labute approximate surface area is 286 Å². The minimum atomic E-state index is -1.73. The van der Waals surface area contributed by atoms with Crippen LogP contribution in [0, 0.1) is 0 Å². The van der Waals surface area contributed by atoms with E-state index >= 15 is 0 Å². The van der Waals surface area contributed by atoms with E-state index in [0.29, 0.717) is 17.1 Å². The predicted molar refractivity (Wildman–Crippen MR) is 186 cm³/mol. The van der Waals surface area contributed by atoms with Crippen molar-refractivity contribution in [1.82, 2.24) is 0 Å². The summed E-state index contributed by atoms with van der Waals surface area (Å²) in [6.07, 6.45) is 0. The second-order valence-corrected chi connectivity index (χ2v) is 12.1. The molecule has 0 radical (unpaired) electrons. The average molecular weight is 659 g/mol. The highest BCUT2D eigenvalue weighted by Crippen LogP contribution is 2.56. The maximum Gasteiger partial charge on any atom is 0.336 e. The molecule has 0 heterocycles. The molecule has 0 saturated heterocycles. The lowest BCUT2D eigenvalue weighted by molar-refractivity contribution is -0.225. The number of fused-ring (bicyclic) bond motifs is 3. The summed E-state index contributed by atoms with van der Waals surface area (Å²) < 4.78 is 27.8. The molecular weight excluding hydrogens is 620 g/mol. The van der Waals surface area contributed by atoms with Crippen LogP contribution in [0.5, 0.6) is 11.5 Å². The number of ether oxygens (including phenoxy) is 5. The Hall–Kier alpha value is -5.89. The second kappa shape index (κ2) is 14.1. The van der Waals surface area contributed by atoms with E-state index in [2.05, 4.69) is 44.0 Å². The molecule has 4 aromatic carbocycles. The molecule has 8 heteroatoms. The van der Waals surface area contributed by atoms with Crippen molar-refractivity contribution >= 4 is 17.9 Å². The minimum Gasteiger partial charge on any atom is -0.485 e. The monoisotopic (exact) mass is 658 g/mol. The Kier molecular flexibility index (Phi) is 9.89. The summed E-state index contributed by atoms with van der Waals surface area (Å²) in [5.41, 5.74) is 6.34. The standard InChI is InChI=1S/C41H38O8/c1-26(2)37(42)47-25-46-32-22-18-30(19-23-32)41(35-14-10-8-12-33(35)34-13-9-11-15-36(34)41)29-16-20-31(21-17-29)45-24-40(7,48-38(43)27(3)4)49-39(44)28(5)6/h8-23H,1,3,5,24-25H2,2,4,6-7H3. The first-order valence-corrected chi connectivity index (χ1v) is 15.6. The zero-order valence-electron chi connectivity index (χ0n) is 28.0. The number of hydrogen-bond acceptors (Lipinski definition) is 8. The van der Waals surface area contributed by atoms with Crippen molar-refractivity contribution in [2.75, 3.05) is 13.4 Å². The van der Waals surface area contributed by atoms with Gasteiger partial charge in [0, 0.05) is 23.6 Å². The van der Waals surface area contributed by atoms with Gasteiger partial charge in [-0.2, -0.15) is 0 Å². The van der Waals surface area contributed by atoms with Crippen LogP contribution in [0.3, 0.4) is 0 Å². The summed E-state index contributed by atoms with van der Waals surface area (Å²) in [4.78, 5) is 36.6. The predicted octanol–water partition coefficient (Wildman–Crippen LogP) is 7.84. The van der Waals surface area contributed by atoms with E-state index < -0.39 is 29.1 Å². The zero-order chi connectivity index (χ0) is 35.3. The van der Waals surface area contributed by atoms with Crippen molar-refractivity contribution in [3.05, 3.63) is 156 Å². The van der Waals surface area contributed by atoms with E-state index in [9.17, 15) is 14.4 Å². The lowest BCUT2D eigenvalue weighted by Gasteiger charge is -2.34. The Morgan fingerprint density at radius 2 is 1.00 bits per heavy atom. The summed E-state index contributed by atoms with van der Waals surface area (Å²) >= 11 is 0. The molecule has 250 valence electrons. The number of hydrogen-bond donors (Lipinski definition) is 0. The molecule has 0 atom stereocenters. The molecule has 0 N–H and O–H groups in total. The van der Waals surface area contributed by atoms with E-state index in [0.717, 1.165) is 33.4 Å². The van der Waals surface area contributed by atoms with Gasteiger partial charge in [-0.15, -0.1) is 0 Å². The third-order valence-corrected chi connectivity index (χ3v) is 8.11. The van der Waals surface area contributed by atoms with Gasteiger partial charge in [-0.1, -0.05) is 92.5 Å². The molecule has 0 unspecified atom stereocenters. The first-order chi connectivity index (χ1) is 23.4. The van der Waals surface area contributed by atoms with Gasteiger partial charge in [-0.25, -0.2) is 14.4 Å². The fraction of sp³-hybridized carbons (Fsp3) is 0.195. The van der Waals surface area contributed by atoms with Gasteiger partial charge in [-0.05, 0) is 78.4 Å². The lowest BCUT2D eigenvalue weighted by atomic mass is 9.68. The van der Waals surface area contributed by atoms with Crippen molar-refractivity contribution in [2.45, 2.75) is 38.9 Å². The largest absolute Gasteiger partial charge is 0.485 e. The molecule has 0 saturated carbocycles. The van der Waals surface area contributed by atoms with Crippen molar-refractivity contribution in [1.29, 1.82) is 0 Å². The first-order valence-electron chi connectivity index (χ1n) is 15.6. The number of benzene rings is 4. The van der Waals surface area contributed by atoms with Gasteiger partial charge in [-0.3, -0.25) is 0 Å². The molecule has 49 heavy (non-hydrogen) atoms. The van der Waals surface area contributed by atoms with Crippen molar-refractivity contribution in [3.63, 3.8) is 0 Å². The second-order valence-electron chi connectivity index (χ2n) is 12.1. The summed E-state index contributed by atoms with van der Waals surface area (Å²) in [7, 11) is 0. The minimum absolute atomic E-state index is 0.148. The van der Waals surface area contributed by atoms with Crippen LogP contribution in [0.2, 0.25) is 0 Å². The normalized spacial score (nSPS) is 12.5. The van der Waals surface area contributed by atoms with Crippen LogP contribution in [0.1, 0.15) is 49.9 Å². The summed E-state index contributed by atoms with van der Waals surface area (Å²) in [6.45, 7) is 16.3. The molecule has 0 aliphatic heterocycles. The Balaban J connectivity index is 1.50. The zero-order valence-corrected chi connectivity index (χ0v) is 28.0. The SMILES string of the molecule is C=C(C)C(=O)OCOc1ccc(C2(c3ccc(OCC(C)(OC(=O)C(=C)C)OC(=O)C(=C)C)cc3)c3ccccc3-c3ccccc32)cc1. The maximum absolute atomic E-state index is 12.4. The third-order valence-electron chi connectivity index (χ3n) is 8.11. The van der Waals surface area contributed by atoms with Crippen LogP contribution in [0.15, 0.2) is 134 Å². The summed E-state index contributed by atoms with van der Waals surface area (Å²) in [6, 6.07) is 32.0. The van der Waals surface area contributed by atoms with Gasteiger partial charge >= 0.3 is 17.9 Å². The van der Waals surface area contributed by atoms with Crippen LogP contribution in [-0.4, -0.2) is 37.1 Å². The Morgan fingerprint density at radius 3 is 1.43 bits per heavy atom. The number of carbonyl (C=O) groups excluding carboxylic acids is 3. The molecule has 1 aliphatic rings. The lowest BCUT2D eigenvalue weighted by Crippen LogP contribution is -2.43. The van der Waals surface area contributed by atoms with E-state index in [1.165, 1.54) is 20.8 Å². The Morgan fingerprint density at radius 1 is 0.592 bits per heavy atom. The molecule has 8 nitrogen and oxygen atoms in total. The van der Waals surface area contributed by atoms with E-state index in [-0.39, 0.29) is 24.5 Å². The number of rotatable bonds is 13. The van der Waals surface area contributed by atoms with Gasteiger partial charge in [0.05, 0.1) is 5.41 Å². The average Bonchev–Trinajstić information content (AvgIpc) is 3.39. The molecule has 0 spiro atoms. The molecular formula is C41H38O8. The van der Waals surface area contributed by atoms with Gasteiger partial charge in [0.2, 0.25) is 6.79 Å². The van der Waals surface area contributed by atoms with Crippen LogP contribution in [-0.2, 0) is 34.0 Å². The maximum atomic E-state index is 12.4. The van der Waals surface area contributed by atoms with Crippen molar-refractivity contribution in [3.8, 4) is 22.6 Å². The summed E-state index contributed by atoms with van der Waals surface area (Å²) in [5, 5.41) is 0. The van der Waals surface area contributed by atoms with Gasteiger partial charge < -0.3 is 23.7 Å². The molecule has 0 aromatic heterocycles. The fourth-order valence-electron chi connectivity index (χ4n) is 5.76. The third kappa shape index (κ3) is 7.04. The number of carbonyl (C=O) groups is 3. The highest BCUT2D eigenvalue weighted by Gasteiger charge is 2.46. The van der Waals surface area contributed by atoms with Gasteiger partial charge in [0.25, 0.3) is 5.79 Å². The summed E-state index contributed by atoms with van der Waals surface area (Å²) in [5.74, 6) is -2.69. The molecule has 0 fully saturated rings. The van der Waals surface area contributed by atoms with Gasteiger partial charge in [0.1, 0.15) is 11.5 Å². The quantitative estimate of drug-likeness (QED) is 0.0717. The number of esters is 3. The van der Waals surface area contributed by atoms with E-state index in [4.69, 9.17) is 23.7 Å². The first kappa shape index (κ1) is 34.4. The van der Waals surface area contributed by atoms with E-state index in [1.54, 1.807) is 6.92 Å². The van der Waals surface area contributed by atoms with Crippen molar-refractivity contribution < 1.29 is 38.1 Å². The van der Waals surface area contributed by atoms with Gasteiger partial charge in [0.15, 0.2) is 6.61 Å². The van der Waals surface area contributed by atoms with E-state index in [1.807, 2.05) is 72.8 Å². The topological polar surface area (TPSA) is 97.4 Å². The fourth-order valence-corrected chi connectivity index (χ4v) is 5.76. The highest BCUT2D eigenvalue weighted by molar-refractivity contribution is 5.89.